The number of aromatic hydroxyl groups is 1. The third kappa shape index (κ3) is 1.40. The molecular formula is C10H6BrClO. The molecule has 0 saturated carbocycles. The molecule has 0 amide bonds. The lowest BCUT2D eigenvalue weighted by Crippen LogP contribution is -1.77. The van der Waals surface area contributed by atoms with Gasteiger partial charge in [-0.25, -0.2) is 0 Å². The highest BCUT2D eigenvalue weighted by Crippen LogP contribution is 2.37. The Bertz CT molecular complexity index is 468. The van der Waals surface area contributed by atoms with Crippen LogP contribution < -0.4 is 0 Å². The summed E-state index contributed by atoms with van der Waals surface area (Å²) in [5.74, 6) is 0.170. The summed E-state index contributed by atoms with van der Waals surface area (Å²) in [4.78, 5) is 0. The predicted octanol–water partition coefficient (Wildman–Crippen LogP) is 3.96. The Morgan fingerprint density at radius 1 is 1.23 bits per heavy atom. The SMILES string of the molecule is Oc1cc2ccccc2c(Cl)c1Br. The normalized spacial score (nSPS) is 10.6. The fraction of sp³-hybridized carbons (Fsp3) is 0. The van der Waals surface area contributed by atoms with Crippen molar-refractivity contribution in [3.8, 4) is 5.75 Å². The van der Waals surface area contributed by atoms with Crippen LogP contribution in [0.1, 0.15) is 0 Å². The molecule has 0 aliphatic carbocycles. The van der Waals surface area contributed by atoms with Crippen molar-refractivity contribution in [3.05, 3.63) is 39.8 Å². The molecule has 1 nitrogen and oxygen atoms in total. The van der Waals surface area contributed by atoms with Crippen LogP contribution in [-0.4, -0.2) is 5.11 Å². The zero-order chi connectivity index (χ0) is 9.42. The van der Waals surface area contributed by atoms with Gasteiger partial charge >= 0.3 is 0 Å². The van der Waals surface area contributed by atoms with Gasteiger partial charge in [0.25, 0.3) is 0 Å². The minimum atomic E-state index is 0.170. The molecule has 0 spiro atoms. The van der Waals surface area contributed by atoms with E-state index in [9.17, 15) is 5.11 Å². The fourth-order valence-electron chi connectivity index (χ4n) is 1.26. The average molecular weight is 258 g/mol. The van der Waals surface area contributed by atoms with E-state index in [1.54, 1.807) is 6.07 Å². The molecule has 0 unspecified atom stereocenters. The molecule has 1 N–H and O–H groups in total. The summed E-state index contributed by atoms with van der Waals surface area (Å²) in [6, 6.07) is 9.34. The molecule has 13 heavy (non-hydrogen) atoms. The molecular weight excluding hydrogens is 251 g/mol. The molecule has 2 rings (SSSR count). The monoisotopic (exact) mass is 256 g/mol. The molecule has 2 aromatic carbocycles. The van der Waals surface area contributed by atoms with Crippen LogP contribution in [0.25, 0.3) is 10.8 Å². The molecule has 0 radical (unpaired) electrons. The van der Waals surface area contributed by atoms with Gasteiger partial charge in [0.15, 0.2) is 0 Å². The van der Waals surface area contributed by atoms with E-state index in [-0.39, 0.29) is 5.75 Å². The van der Waals surface area contributed by atoms with Crippen molar-refractivity contribution >= 4 is 38.3 Å². The van der Waals surface area contributed by atoms with E-state index in [0.717, 1.165) is 10.8 Å². The van der Waals surface area contributed by atoms with Gasteiger partial charge in [-0.15, -0.1) is 0 Å². The number of phenolic OH excluding ortho intramolecular Hbond substituents is 1. The first-order valence-electron chi connectivity index (χ1n) is 3.76. The van der Waals surface area contributed by atoms with Crippen molar-refractivity contribution in [1.29, 1.82) is 0 Å². The molecule has 0 aromatic heterocycles. The fourth-order valence-corrected chi connectivity index (χ4v) is 1.86. The van der Waals surface area contributed by atoms with Gasteiger partial charge < -0.3 is 5.11 Å². The lowest BCUT2D eigenvalue weighted by Gasteiger charge is -2.04. The highest BCUT2D eigenvalue weighted by atomic mass is 79.9. The van der Waals surface area contributed by atoms with E-state index in [2.05, 4.69) is 15.9 Å². The van der Waals surface area contributed by atoms with Crippen molar-refractivity contribution in [1.82, 2.24) is 0 Å². The molecule has 0 bridgehead atoms. The first kappa shape index (κ1) is 8.85. The summed E-state index contributed by atoms with van der Waals surface area (Å²) in [5, 5.41) is 11.9. The largest absolute Gasteiger partial charge is 0.507 e. The molecule has 2 aromatic rings. The first-order valence-corrected chi connectivity index (χ1v) is 4.93. The second-order valence-corrected chi connectivity index (χ2v) is 3.92. The summed E-state index contributed by atoms with van der Waals surface area (Å²) in [7, 11) is 0. The van der Waals surface area contributed by atoms with Crippen LogP contribution in [0.3, 0.4) is 0 Å². The van der Waals surface area contributed by atoms with Gasteiger partial charge in [0.1, 0.15) is 5.75 Å². The number of fused-ring (bicyclic) bond motifs is 1. The number of hydrogen-bond donors (Lipinski definition) is 1. The van der Waals surface area contributed by atoms with Crippen molar-refractivity contribution in [2.75, 3.05) is 0 Å². The van der Waals surface area contributed by atoms with Crippen LogP contribution in [0.15, 0.2) is 34.8 Å². The highest BCUT2D eigenvalue weighted by Gasteiger charge is 2.07. The smallest absolute Gasteiger partial charge is 0.131 e. The van der Waals surface area contributed by atoms with Gasteiger partial charge in [-0.2, -0.15) is 0 Å². The standard InChI is InChI=1S/C10H6BrClO/c11-9-8(13)5-6-3-1-2-4-7(6)10(9)12/h1-5,13H. The van der Waals surface area contributed by atoms with E-state index in [0.29, 0.717) is 9.50 Å². The topological polar surface area (TPSA) is 20.2 Å². The number of hydrogen-bond acceptors (Lipinski definition) is 1. The van der Waals surface area contributed by atoms with Gasteiger partial charge in [-0.1, -0.05) is 35.9 Å². The van der Waals surface area contributed by atoms with Gasteiger partial charge in [-0.3, -0.25) is 0 Å². The molecule has 0 fully saturated rings. The summed E-state index contributed by atoms with van der Waals surface area (Å²) in [5.41, 5.74) is 0. The third-order valence-electron chi connectivity index (χ3n) is 1.91. The van der Waals surface area contributed by atoms with Gasteiger partial charge in [-0.05, 0) is 27.4 Å². The number of halogens is 2. The van der Waals surface area contributed by atoms with Crippen molar-refractivity contribution < 1.29 is 5.11 Å². The van der Waals surface area contributed by atoms with Crippen molar-refractivity contribution in [2.45, 2.75) is 0 Å². The molecule has 0 aliphatic heterocycles. The summed E-state index contributed by atoms with van der Waals surface area (Å²) in [6.45, 7) is 0. The van der Waals surface area contributed by atoms with Crippen LogP contribution in [0, 0.1) is 0 Å². The van der Waals surface area contributed by atoms with Gasteiger partial charge in [0.2, 0.25) is 0 Å². The molecule has 0 saturated heterocycles. The summed E-state index contributed by atoms with van der Waals surface area (Å²) < 4.78 is 0.549. The molecule has 0 heterocycles. The molecule has 66 valence electrons. The van der Waals surface area contributed by atoms with E-state index >= 15 is 0 Å². The zero-order valence-electron chi connectivity index (χ0n) is 6.59. The minimum Gasteiger partial charge on any atom is -0.507 e. The maximum absolute atomic E-state index is 9.47. The lowest BCUT2D eigenvalue weighted by molar-refractivity contribution is 0.473. The van der Waals surface area contributed by atoms with Crippen LogP contribution in [-0.2, 0) is 0 Å². The van der Waals surface area contributed by atoms with Crippen LogP contribution >= 0.6 is 27.5 Å². The van der Waals surface area contributed by atoms with Crippen molar-refractivity contribution in [2.24, 2.45) is 0 Å². The Hall–Kier alpha value is -0.730. The van der Waals surface area contributed by atoms with Gasteiger partial charge in [0.05, 0.1) is 9.50 Å². The van der Waals surface area contributed by atoms with Crippen molar-refractivity contribution in [3.63, 3.8) is 0 Å². The number of rotatable bonds is 0. The maximum Gasteiger partial charge on any atom is 0.131 e. The number of benzene rings is 2. The van der Waals surface area contributed by atoms with E-state index in [1.807, 2.05) is 24.3 Å². The zero-order valence-corrected chi connectivity index (χ0v) is 8.93. The van der Waals surface area contributed by atoms with Gasteiger partial charge in [0, 0.05) is 5.39 Å². The third-order valence-corrected chi connectivity index (χ3v) is 3.33. The molecule has 0 aliphatic rings. The summed E-state index contributed by atoms with van der Waals surface area (Å²) in [6.07, 6.45) is 0. The highest BCUT2D eigenvalue weighted by molar-refractivity contribution is 9.10. The Morgan fingerprint density at radius 2 is 1.92 bits per heavy atom. The lowest BCUT2D eigenvalue weighted by atomic mass is 10.1. The Labute approximate surface area is 89.1 Å². The maximum atomic E-state index is 9.47. The molecule has 3 heteroatoms. The minimum absolute atomic E-state index is 0.170. The number of phenols is 1. The average Bonchev–Trinajstić information content (AvgIpc) is 2.15. The van der Waals surface area contributed by atoms with Crippen LogP contribution in [0.5, 0.6) is 5.75 Å². The van der Waals surface area contributed by atoms with Crippen LogP contribution in [0.4, 0.5) is 0 Å². The Kier molecular flexibility index (Phi) is 2.18. The second-order valence-electron chi connectivity index (χ2n) is 2.74. The van der Waals surface area contributed by atoms with Crippen LogP contribution in [0.2, 0.25) is 5.02 Å². The summed E-state index contributed by atoms with van der Waals surface area (Å²) >= 11 is 9.24. The first-order chi connectivity index (χ1) is 6.20. The quantitative estimate of drug-likeness (QED) is 0.757. The Balaban J connectivity index is 2.94. The molecule has 0 atom stereocenters. The van der Waals surface area contributed by atoms with E-state index < -0.39 is 0 Å². The van der Waals surface area contributed by atoms with E-state index in [4.69, 9.17) is 11.6 Å². The van der Waals surface area contributed by atoms with E-state index in [1.165, 1.54) is 0 Å². The second kappa shape index (κ2) is 3.20. The Morgan fingerprint density at radius 3 is 2.69 bits per heavy atom. The predicted molar refractivity (Wildman–Crippen MR) is 58.3 cm³/mol.